The van der Waals surface area contributed by atoms with Gasteiger partial charge in [-0.05, 0) is 37.6 Å². The van der Waals surface area contributed by atoms with Crippen molar-refractivity contribution < 1.29 is 8.95 Å². The molecule has 0 fully saturated rings. The zero-order chi connectivity index (χ0) is 14.3. The maximum atomic E-state index is 12.0. The van der Waals surface area contributed by atoms with Gasteiger partial charge in [-0.3, -0.25) is 4.21 Å². The van der Waals surface area contributed by atoms with E-state index in [9.17, 15) is 4.21 Å². The predicted molar refractivity (Wildman–Crippen MR) is 82.1 cm³/mol. The van der Waals surface area contributed by atoms with Crippen molar-refractivity contribution in [3.8, 4) is 5.75 Å². The third-order valence-corrected chi connectivity index (χ3v) is 4.56. The lowest BCUT2D eigenvalue weighted by atomic mass is 10.1. The monoisotopic (exact) mass is 283 g/mol. The van der Waals surface area contributed by atoms with Gasteiger partial charge in [-0.1, -0.05) is 26.0 Å². The third kappa shape index (κ3) is 5.74. The largest absolute Gasteiger partial charge is 0.494 e. The zero-order valence-electron chi connectivity index (χ0n) is 12.3. The van der Waals surface area contributed by atoms with Crippen molar-refractivity contribution in [1.82, 2.24) is 5.32 Å². The van der Waals surface area contributed by atoms with Crippen LogP contribution in [0.2, 0.25) is 0 Å². The molecule has 2 atom stereocenters. The molecular formula is C15H25NO2S. The molecule has 0 saturated carbocycles. The molecule has 0 spiro atoms. The van der Waals surface area contributed by atoms with Gasteiger partial charge in [0.2, 0.25) is 0 Å². The van der Waals surface area contributed by atoms with E-state index in [0.29, 0.717) is 18.3 Å². The van der Waals surface area contributed by atoms with E-state index >= 15 is 0 Å². The van der Waals surface area contributed by atoms with Gasteiger partial charge in [-0.15, -0.1) is 0 Å². The highest BCUT2D eigenvalue weighted by Crippen LogP contribution is 2.19. The molecule has 1 N–H and O–H groups in total. The van der Waals surface area contributed by atoms with Crippen LogP contribution in [0.5, 0.6) is 5.75 Å². The molecule has 2 unspecified atom stereocenters. The fourth-order valence-electron chi connectivity index (χ4n) is 1.93. The van der Waals surface area contributed by atoms with Crippen molar-refractivity contribution in [2.24, 2.45) is 5.92 Å². The van der Waals surface area contributed by atoms with Crippen LogP contribution in [0.4, 0.5) is 0 Å². The summed E-state index contributed by atoms with van der Waals surface area (Å²) in [4.78, 5) is 0. The van der Waals surface area contributed by atoms with E-state index in [4.69, 9.17) is 4.74 Å². The maximum absolute atomic E-state index is 12.0. The quantitative estimate of drug-likeness (QED) is 0.797. The minimum Gasteiger partial charge on any atom is -0.494 e. The number of benzene rings is 1. The highest BCUT2D eigenvalue weighted by atomic mass is 32.2. The van der Waals surface area contributed by atoms with Crippen LogP contribution < -0.4 is 10.1 Å². The fraction of sp³-hybridized carbons (Fsp3) is 0.600. The molecular weight excluding hydrogens is 258 g/mol. The Labute approximate surface area is 119 Å². The highest BCUT2D eigenvalue weighted by molar-refractivity contribution is 7.85. The SMILES string of the molecule is CCOc1ccc(C(CS(=O)CC(C)C)NC)cc1. The molecule has 108 valence electrons. The third-order valence-electron chi connectivity index (χ3n) is 2.81. The van der Waals surface area contributed by atoms with Crippen molar-refractivity contribution >= 4 is 10.8 Å². The van der Waals surface area contributed by atoms with Crippen LogP contribution in [-0.4, -0.2) is 29.4 Å². The van der Waals surface area contributed by atoms with Crippen molar-refractivity contribution in [2.75, 3.05) is 25.2 Å². The molecule has 0 bridgehead atoms. The molecule has 1 aromatic rings. The summed E-state index contributed by atoms with van der Waals surface area (Å²) in [5, 5.41) is 3.24. The average Bonchev–Trinajstić information content (AvgIpc) is 2.36. The van der Waals surface area contributed by atoms with Gasteiger partial charge < -0.3 is 10.1 Å². The summed E-state index contributed by atoms with van der Waals surface area (Å²) in [7, 11) is 1.13. The van der Waals surface area contributed by atoms with Gasteiger partial charge in [0.15, 0.2) is 0 Å². The first-order valence-corrected chi connectivity index (χ1v) is 8.30. The molecule has 0 aliphatic heterocycles. The van der Waals surface area contributed by atoms with Gasteiger partial charge in [0.05, 0.1) is 6.61 Å². The minimum atomic E-state index is -0.783. The smallest absolute Gasteiger partial charge is 0.119 e. The molecule has 0 aliphatic rings. The summed E-state index contributed by atoms with van der Waals surface area (Å²) in [6.45, 7) is 6.85. The van der Waals surface area contributed by atoms with Gasteiger partial charge in [-0.25, -0.2) is 0 Å². The Morgan fingerprint density at radius 2 is 1.84 bits per heavy atom. The van der Waals surface area contributed by atoms with Crippen molar-refractivity contribution in [3.05, 3.63) is 29.8 Å². The van der Waals surface area contributed by atoms with Crippen LogP contribution in [0.1, 0.15) is 32.4 Å². The molecule has 0 amide bonds. The first-order valence-electron chi connectivity index (χ1n) is 6.81. The van der Waals surface area contributed by atoms with E-state index in [1.165, 1.54) is 0 Å². The normalized spacial score (nSPS) is 14.4. The molecule has 0 aromatic heterocycles. The number of nitrogens with one attached hydrogen (secondary N) is 1. The number of ether oxygens (including phenoxy) is 1. The molecule has 0 saturated heterocycles. The lowest BCUT2D eigenvalue weighted by molar-refractivity contribution is 0.340. The average molecular weight is 283 g/mol. The van der Waals surface area contributed by atoms with E-state index in [2.05, 4.69) is 19.2 Å². The fourth-order valence-corrected chi connectivity index (χ4v) is 3.55. The van der Waals surface area contributed by atoms with Crippen LogP contribution in [0.3, 0.4) is 0 Å². The Morgan fingerprint density at radius 3 is 2.32 bits per heavy atom. The summed E-state index contributed by atoms with van der Waals surface area (Å²) in [5.41, 5.74) is 1.16. The standard InChI is InChI=1S/C15H25NO2S/c1-5-18-14-8-6-13(7-9-14)15(16-4)11-19(17)10-12(2)3/h6-9,12,15-16H,5,10-11H2,1-4H3. The molecule has 0 aliphatic carbocycles. The molecule has 4 heteroatoms. The van der Waals surface area contributed by atoms with Crippen molar-refractivity contribution in [1.29, 1.82) is 0 Å². The topological polar surface area (TPSA) is 38.3 Å². The van der Waals surface area contributed by atoms with Crippen LogP contribution in [-0.2, 0) is 10.8 Å². The van der Waals surface area contributed by atoms with E-state index in [0.717, 1.165) is 17.1 Å². The number of rotatable bonds is 8. The van der Waals surface area contributed by atoms with Crippen LogP contribution in [0, 0.1) is 5.92 Å². The summed E-state index contributed by atoms with van der Waals surface area (Å²) >= 11 is 0. The first kappa shape index (κ1) is 16.2. The molecule has 3 nitrogen and oxygen atoms in total. The number of hydrogen-bond donors (Lipinski definition) is 1. The Kier molecular flexibility index (Phi) is 7.10. The summed E-state index contributed by atoms with van der Waals surface area (Å²) in [6.07, 6.45) is 0. The Bertz CT molecular complexity index is 390. The minimum absolute atomic E-state index is 0.134. The van der Waals surface area contributed by atoms with Gasteiger partial charge >= 0.3 is 0 Å². The van der Waals surface area contributed by atoms with Crippen LogP contribution >= 0.6 is 0 Å². The van der Waals surface area contributed by atoms with E-state index in [-0.39, 0.29) is 6.04 Å². The summed E-state index contributed by atoms with van der Waals surface area (Å²) in [6, 6.07) is 8.15. The van der Waals surface area contributed by atoms with Gasteiger partial charge in [0.25, 0.3) is 0 Å². The predicted octanol–water partition coefficient (Wildman–Crippen LogP) is 2.75. The van der Waals surface area contributed by atoms with Crippen molar-refractivity contribution in [3.63, 3.8) is 0 Å². The second-order valence-electron chi connectivity index (χ2n) is 5.01. The summed E-state index contributed by atoms with van der Waals surface area (Å²) < 4.78 is 17.4. The van der Waals surface area contributed by atoms with E-state index in [1.54, 1.807) is 0 Å². The van der Waals surface area contributed by atoms with Gasteiger partial charge in [-0.2, -0.15) is 0 Å². The Balaban J connectivity index is 2.66. The lowest BCUT2D eigenvalue weighted by Gasteiger charge is -2.17. The zero-order valence-corrected chi connectivity index (χ0v) is 13.1. The van der Waals surface area contributed by atoms with Gasteiger partial charge in [0, 0.05) is 28.3 Å². The first-order chi connectivity index (χ1) is 9.06. The Morgan fingerprint density at radius 1 is 1.21 bits per heavy atom. The van der Waals surface area contributed by atoms with Gasteiger partial charge in [0.1, 0.15) is 5.75 Å². The molecule has 19 heavy (non-hydrogen) atoms. The molecule has 1 aromatic carbocycles. The van der Waals surface area contributed by atoms with Crippen LogP contribution in [0.25, 0.3) is 0 Å². The molecule has 0 heterocycles. The van der Waals surface area contributed by atoms with Crippen molar-refractivity contribution in [2.45, 2.75) is 26.8 Å². The van der Waals surface area contributed by atoms with E-state index < -0.39 is 10.8 Å². The van der Waals surface area contributed by atoms with Crippen LogP contribution in [0.15, 0.2) is 24.3 Å². The molecule has 1 rings (SSSR count). The Hall–Kier alpha value is -0.870. The highest BCUT2D eigenvalue weighted by Gasteiger charge is 2.14. The second-order valence-corrected chi connectivity index (χ2v) is 6.56. The maximum Gasteiger partial charge on any atom is 0.119 e. The second kappa shape index (κ2) is 8.33. The number of hydrogen-bond acceptors (Lipinski definition) is 3. The molecule has 0 radical (unpaired) electrons. The van der Waals surface area contributed by atoms with E-state index in [1.807, 2.05) is 38.2 Å². The summed E-state index contributed by atoms with van der Waals surface area (Å²) in [5.74, 6) is 2.76. The lowest BCUT2D eigenvalue weighted by Crippen LogP contribution is -2.24.